The highest BCUT2D eigenvalue weighted by Gasteiger charge is 2.40. The Balaban J connectivity index is 1.75. The van der Waals surface area contributed by atoms with Gasteiger partial charge in [-0.15, -0.1) is 0 Å². The minimum absolute atomic E-state index is 0.319. The standard InChI is InChI=1S/C16H27NOSi/c1-16(2,3)19(4,5)18-10-8-13-11-15(13)14-7-6-9-17-12-14/h6-7,9,12-13,15H,8,10-11H2,1-5H3/t13-,15-/m1/s1. The molecule has 2 atom stereocenters. The van der Waals surface area contributed by atoms with Crippen molar-refractivity contribution >= 4 is 8.32 Å². The van der Waals surface area contributed by atoms with Crippen molar-refractivity contribution in [3.05, 3.63) is 30.1 Å². The van der Waals surface area contributed by atoms with Gasteiger partial charge in [0.1, 0.15) is 0 Å². The number of hydrogen-bond acceptors (Lipinski definition) is 2. The van der Waals surface area contributed by atoms with Gasteiger partial charge in [-0.3, -0.25) is 4.98 Å². The normalized spacial score (nSPS) is 23.4. The highest BCUT2D eigenvalue weighted by molar-refractivity contribution is 6.74. The smallest absolute Gasteiger partial charge is 0.191 e. The number of hydrogen-bond donors (Lipinski definition) is 0. The first kappa shape index (κ1) is 14.7. The van der Waals surface area contributed by atoms with E-state index in [0.29, 0.717) is 5.04 Å². The van der Waals surface area contributed by atoms with Gasteiger partial charge in [0.2, 0.25) is 0 Å². The Morgan fingerprint density at radius 1 is 1.37 bits per heavy atom. The van der Waals surface area contributed by atoms with E-state index >= 15 is 0 Å². The molecule has 0 aromatic carbocycles. The van der Waals surface area contributed by atoms with Crippen molar-refractivity contribution < 1.29 is 4.43 Å². The molecule has 0 bridgehead atoms. The average Bonchev–Trinajstić information content (AvgIpc) is 3.08. The average molecular weight is 277 g/mol. The topological polar surface area (TPSA) is 22.1 Å². The van der Waals surface area contributed by atoms with Crippen molar-refractivity contribution in [3.8, 4) is 0 Å². The van der Waals surface area contributed by atoms with Crippen molar-refractivity contribution in [3.63, 3.8) is 0 Å². The molecule has 1 aromatic heterocycles. The molecule has 19 heavy (non-hydrogen) atoms. The third kappa shape index (κ3) is 3.66. The van der Waals surface area contributed by atoms with Gasteiger partial charge in [-0.2, -0.15) is 0 Å². The van der Waals surface area contributed by atoms with Gasteiger partial charge in [0.15, 0.2) is 8.32 Å². The minimum Gasteiger partial charge on any atom is -0.417 e. The largest absolute Gasteiger partial charge is 0.417 e. The number of rotatable bonds is 5. The summed E-state index contributed by atoms with van der Waals surface area (Å²) < 4.78 is 6.25. The molecule has 0 N–H and O–H groups in total. The Bertz CT molecular complexity index is 411. The van der Waals surface area contributed by atoms with E-state index in [1.807, 2.05) is 18.5 Å². The lowest BCUT2D eigenvalue weighted by Gasteiger charge is -2.36. The number of nitrogens with zero attached hydrogens (tertiary/aromatic N) is 1. The second-order valence-corrected chi connectivity index (χ2v) is 12.1. The predicted molar refractivity (Wildman–Crippen MR) is 82.9 cm³/mol. The van der Waals surface area contributed by atoms with E-state index in [1.54, 1.807) is 0 Å². The molecule has 2 rings (SSSR count). The van der Waals surface area contributed by atoms with Crippen molar-refractivity contribution in [2.45, 2.75) is 57.7 Å². The fourth-order valence-electron chi connectivity index (χ4n) is 2.25. The van der Waals surface area contributed by atoms with Gasteiger partial charge in [0, 0.05) is 19.0 Å². The summed E-state index contributed by atoms with van der Waals surface area (Å²) in [6.07, 6.45) is 6.37. The third-order valence-corrected chi connectivity index (χ3v) is 9.33. The summed E-state index contributed by atoms with van der Waals surface area (Å²) >= 11 is 0. The van der Waals surface area contributed by atoms with Gasteiger partial charge in [-0.05, 0) is 54.4 Å². The molecule has 106 valence electrons. The van der Waals surface area contributed by atoms with Crippen molar-refractivity contribution in [2.24, 2.45) is 5.92 Å². The van der Waals surface area contributed by atoms with E-state index in [9.17, 15) is 0 Å². The van der Waals surface area contributed by atoms with Crippen LogP contribution in [-0.2, 0) is 4.43 Å². The van der Waals surface area contributed by atoms with Gasteiger partial charge >= 0.3 is 0 Å². The first-order chi connectivity index (χ1) is 8.81. The molecular formula is C16H27NOSi. The van der Waals surface area contributed by atoms with Crippen molar-refractivity contribution in [1.82, 2.24) is 4.98 Å². The first-order valence-electron chi connectivity index (χ1n) is 7.35. The Labute approximate surface area is 118 Å². The first-order valence-corrected chi connectivity index (χ1v) is 10.3. The van der Waals surface area contributed by atoms with Crippen LogP contribution in [0.25, 0.3) is 0 Å². The molecule has 1 aliphatic rings. The summed E-state index contributed by atoms with van der Waals surface area (Å²) in [5, 5.41) is 0.319. The molecule has 1 fully saturated rings. The van der Waals surface area contributed by atoms with Crippen LogP contribution in [0.1, 0.15) is 45.1 Å². The van der Waals surface area contributed by atoms with Crippen LogP contribution >= 0.6 is 0 Å². The molecule has 0 radical (unpaired) electrons. The Hall–Kier alpha value is -0.673. The maximum Gasteiger partial charge on any atom is 0.191 e. The lowest BCUT2D eigenvalue weighted by Crippen LogP contribution is -2.41. The van der Waals surface area contributed by atoms with E-state index < -0.39 is 8.32 Å². The third-order valence-electron chi connectivity index (χ3n) is 4.79. The van der Waals surface area contributed by atoms with E-state index in [4.69, 9.17) is 4.43 Å². The molecule has 0 amide bonds. The van der Waals surface area contributed by atoms with Crippen LogP contribution < -0.4 is 0 Å². The molecule has 1 saturated carbocycles. The number of aromatic nitrogens is 1. The summed E-state index contributed by atoms with van der Waals surface area (Å²) in [5.41, 5.74) is 1.40. The highest BCUT2D eigenvalue weighted by Crippen LogP contribution is 2.49. The van der Waals surface area contributed by atoms with E-state index in [2.05, 4.69) is 44.9 Å². The van der Waals surface area contributed by atoms with Crippen LogP contribution in [0.3, 0.4) is 0 Å². The molecule has 1 aliphatic carbocycles. The summed E-state index contributed by atoms with van der Waals surface area (Å²) in [6, 6.07) is 4.24. The summed E-state index contributed by atoms with van der Waals surface area (Å²) in [5.74, 6) is 1.55. The summed E-state index contributed by atoms with van der Waals surface area (Å²) in [7, 11) is -1.56. The van der Waals surface area contributed by atoms with Gasteiger partial charge < -0.3 is 4.43 Å². The lowest BCUT2D eigenvalue weighted by molar-refractivity contribution is 0.274. The van der Waals surface area contributed by atoms with Crippen LogP contribution in [0, 0.1) is 5.92 Å². The molecule has 0 unspecified atom stereocenters. The van der Waals surface area contributed by atoms with Crippen LogP contribution in [0.5, 0.6) is 0 Å². The van der Waals surface area contributed by atoms with E-state index in [-0.39, 0.29) is 0 Å². The maximum absolute atomic E-state index is 6.25. The maximum atomic E-state index is 6.25. The summed E-state index contributed by atoms with van der Waals surface area (Å²) in [6.45, 7) is 12.5. The van der Waals surface area contributed by atoms with Crippen LogP contribution in [-0.4, -0.2) is 19.9 Å². The molecular weight excluding hydrogens is 250 g/mol. The zero-order valence-electron chi connectivity index (χ0n) is 12.9. The van der Waals surface area contributed by atoms with Gasteiger partial charge in [-0.1, -0.05) is 26.8 Å². The lowest BCUT2D eigenvalue weighted by atomic mass is 10.1. The minimum atomic E-state index is -1.56. The van der Waals surface area contributed by atoms with Crippen LogP contribution in [0.2, 0.25) is 18.1 Å². The molecule has 3 heteroatoms. The molecule has 0 aliphatic heterocycles. The second-order valence-electron chi connectivity index (χ2n) is 7.29. The van der Waals surface area contributed by atoms with Crippen LogP contribution in [0.4, 0.5) is 0 Å². The predicted octanol–water partition coefficient (Wildman–Crippen LogP) is 4.60. The van der Waals surface area contributed by atoms with E-state index in [1.165, 1.54) is 18.4 Å². The number of pyridine rings is 1. The molecule has 1 aromatic rings. The SMILES string of the molecule is CC(C)(C)[Si](C)(C)OCC[C@@H]1C[C@H]1c1cccnc1. The fourth-order valence-corrected chi connectivity index (χ4v) is 3.31. The van der Waals surface area contributed by atoms with E-state index in [0.717, 1.165) is 18.4 Å². The van der Waals surface area contributed by atoms with Gasteiger partial charge in [0.25, 0.3) is 0 Å². The Kier molecular flexibility index (Phi) is 4.16. The quantitative estimate of drug-likeness (QED) is 0.734. The van der Waals surface area contributed by atoms with Crippen LogP contribution in [0.15, 0.2) is 24.5 Å². The Morgan fingerprint density at radius 2 is 2.11 bits per heavy atom. The molecule has 1 heterocycles. The summed E-state index contributed by atoms with van der Waals surface area (Å²) in [4.78, 5) is 4.21. The van der Waals surface area contributed by atoms with Gasteiger partial charge in [0.05, 0.1) is 0 Å². The molecule has 2 nitrogen and oxygen atoms in total. The zero-order chi connectivity index (χ0) is 14.1. The molecule has 0 saturated heterocycles. The zero-order valence-corrected chi connectivity index (χ0v) is 13.9. The molecule has 0 spiro atoms. The van der Waals surface area contributed by atoms with Gasteiger partial charge in [-0.25, -0.2) is 0 Å². The van der Waals surface area contributed by atoms with Crippen molar-refractivity contribution in [1.29, 1.82) is 0 Å². The van der Waals surface area contributed by atoms with Crippen molar-refractivity contribution in [2.75, 3.05) is 6.61 Å². The highest BCUT2D eigenvalue weighted by atomic mass is 28.4. The fraction of sp³-hybridized carbons (Fsp3) is 0.688. The second kappa shape index (κ2) is 5.37. The monoisotopic (exact) mass is 277 g/mol. The Morgan fingerprint density at radius 3 is 2.68 bits per heavy atom.